The molecule has 0 bridgehead atoms. The second kappa shape index (κ2) is 8.82. The number of rotatable bonds is 7. The summed E-state index contributed by atoms with van der Waals surface area (Å²) < 4.78 is 6.47. The molecular formula is C21H25N5O5. The molecule has 0 saturated carbocycles. The Morgan fingerprint density at radius 1 is 1.23 bits per heavy atom. The highest BCUT2D eigenvalue weighted by atomic mass is 16.3. The maximum Gasteiger partial charge on any atom is 0.290 e. The number of H-pyrrole nitrogens is 1. The molecule has 0 radical (unpaired) electrons. The van der Waals surface area contributed by atoms with Crippen LogP contribution in [-0.2, 0) is 7.05 Å². The van der Waals surface area contributed by atoms with Gasteiger partial charge >= 0.3 is 0 Å². The first-order chi connectivity index (χ1) is 14.7. The third-order valence-corrected chi connectivity index (χ3v) is 4.81. The summed E-state index contributed by atoms with van der Waals surface area (Å²) in [5.74, 6) is -0.121. The largest absolute Gasteiger partial charge is 0.505 e. The minimum atomic E-state index is -0.533. The Bertz CT molecular complexity index is 1190. The first-order valence-electron chi connectivity index (χ1n) is 9.68. The molecule has 1 atom stereocenters. The van der Waals surface area contributed by atoms with Gasteiger partial charge in [-0.2, -0.15) is 0 Å². The number of amides is 1. The molecule has 31 heavy (non-hydrogen) atoms. The van der Waals surface area contributed by atoms with Gasteiger partial charge in [-0.1, -0.05) is 13.0 Å². The number of aromatic amines is 1. The summed E-state index contributed by atoms with van der Waals surface area (Å²) >= 11 is 0. The number of furan rings is 1. The van der Waals surface area contributed by atoms with E-state index in [2.05, 4.69) is 15.7 Å². The topological polar surface area (TPSA) is 133 Å². The van der Waals surface area contributed by atoms with E-state index in [1.165, 1.54) is 30.3 Å². The van der Waals surface area contributed by atoms with Gasteiger partial charge in [0, 0.05) is 21.1 Å². The number of nitrogens with zero attached hydrogens (tertiary/aromatic N) is 2. The Labute approximate surface area is 178 Å². The highest BCUT2D eigenvalue weighted by Gasteiger charge is 2.22. The Morgan fingerprint density at radius 2 is 1.97 bits per heavy atom. The van der Waals surface area contributed by atoms with Crippen molar-refractivity contribution in [2.24, 2.45) is 7.05 Å². The molecule has 1 amide bonds. The summed E-state index contributed by atoms with van der Waals surface area (Å²) in [6, 6.07) is 7.70. The third kappa shape index (κ3) is 4.32. The number of nitrogens with one attached hydrogen (secondary N) is 3. The quantitative estimate of drug-likeness (QED) is 0.426. The zero-order valence-electron chi connectivity index (χ0n) is 17.7. The number of carbonyl (C=O) groups is 1. The Morgan fingerprint density at radius 3 is 2.58 bits per heavy atom. The van der Waals surface area contributed by atoms with E-state index in [4.69, 9.17) is 4.42 Å². The van der Waals surface area contributed by atoms with Crippen molar-refractivity contribution >= 4 is 23.0 Å². The van der Waals surface area contributed by atoms with Gasteiger partial charge in [0.1, 0.15) is 17.1 Å². The van der Waals surface area contributed by atoms with Crippen LogP contribution in [0.5, 0.6) is 5.75 Å². The lowest BCUT2D eigenvalue weighted by Gasteiger charge is -2.20. The van der Waals surface area contributed by atoms with Crippen LogP contribution in [0.3, 0.4) is 0 Å². The van der Waals surface area contributed by atoms with Gasteiger partial charge in [-0.3, -0.25) is 24.2 Å². The molecule has 0 aliphatic rings. The fourth-order valence-corrected chi connectivity index (χ4v) is 3.13. The van der Waals surface area contributed by atoms with Crippen LogP contribution in [0.15, 0.2) is 50.6 Å². The predicted octanol–water partition coefficient (Wildman–Crippen LogP) is 2.38. The van der Waals surface area contributed by atoms with Crippen molar-refractivity contribution in [2.75, 3.05) is 24.7 Å². The lowest BCUT2D eigenvalue weighted by molar-refractivity contribution is 0.0824. The van der Waals surface area contributed by atoms with Crippen molar-refractivity contribution in [3.05, 3.63) is 68.6 Å². The van der Waals surface area contributed by atoms with Gasteiger partial charge in [0.15, 0.2) is 5.75 Å². The molecule has 4 N–H and O–H groups in total. The molecule has 2 aromatic heterocycles. The van der Waals surface area contributed by atoms with Crippen LogP contribution in [-0.4, -0.2) is 39.8 Å². The molecule has 1 aromatic carbocycles. The maximum absolute atomic E-state index is 12.9. The molecule has 0 fully saturated rings. The molecule has 0 unspecified atom stereocenters. The fraction of sp³-hybridized carbons (Fsp3) is 0.286. The minimum absolute atomic E-state index is 0.00455. The summed E-state index contributed by atoms with van der Waals surface area (Å²) in [6.45, 7) is 1.91. The van der Waals surface area contributed by atoms with Gasteiger partial charge in [-0.05, 0) is 30.7 Å². The lowest BCUT2D eigenvalue weighted by Crippen LogP contribution is -2.32. The van der Waals surface area contributed by atoms with Crippen molar-refractivity contribution in [3.8, 4) is 5.75 Å². The van der Waals surface area contributed by atoms with Gasteiger partial charge < -0.3 is 25.1 Å². The Hall–Kier alpha value is -3.95. The van der Waals surface area contributed by atoms with E-state index in [0.29, 0.717) is 12.2 Å². The van der Waals surface area contributed by atoms with E-state index >= 15 is 0 Å². The zero-order chi connectivity index (χ0) is 22.7. The van der Waals surface area contributed by atoms with Gasteiger partial charge in [-0.25, -0.2) is 0 Å². The molecule has 2 heterocycles. The number of hydrogen-bond donors (Lipinski definition) is 4. The van der Waals surface area contributed by atoms with Crippen LogP contribution >= 0.6 is 0 Å². The molecule has 0 aliphatic carbocycles. The van der Waals surface area contributed by atoms with E-state index in [9.17, 15) is 19.5 Å². The van der Waals surface area contributed by atoms with Gasteiger partial charge in [-0.15, -0.1) is 0 Å². The predicted molar refractivity (Wildman–Crippen MR) is 117 cm³/mol. The number of carbonyl (C=O) groups excluding carboxylic acids is 1. The van der Waals surface area contributed by atoms with Crippen LogP contribution < -0.4 is 21.8 Å². The summed E-state index contributed by atoms with van der Waals surface area (Å²) in [4.78, 5) is 39.2. The number of aromatic nitrogens is 2. The second-order valence-corrected chi connectivity index (χ2v) is 7.20. The summed E-state index contributed by atoms with van der Waals surface area (Å²) in [5.41, 5.74) is -0.955. The number of benzene rings is 1. The summed E-state index contributed by atoms with van der Waals surface area (Å²) in [5, 5.41) is 19.0. The number of phenolic OH excluding ortho intramolecular Hbond substituents is 1. The number of aryl methyl sites for hydroxylation is 1. The van der Waals surface area contributed by atoms with Crippen LogP contribution in [0.1, 0.15) is 35.5 Å². The normalized spacial score (nSPS) is 11.7. The molecule has 3 rings (SSSR count). The van der Waals surface area contributed by atoms with Crippen LogP contribution in [0.4, 0.5) is 17.1 Å². The third-order valence-electron chi connectivity index (χ3n) is 4.81. The molecule has 10 heteroatoms. The summed E-state index contributed by atoms with van der Waals surface area (Å²) in [6.07, 6.45) is 2.11. The van der Waals surface area contributed by atoms with E-state index in [-0.39, 0.29) is 34.4 Å². The fourth-order valence-electron chi connectivity index (χ4n) is 3.13. The van der Waals surface area contributed by atoms with Crippen LogP contribution in [0.25, 0.3) is 0 Å². The molecule has 0 saturated heterocycles. The van der Waals surface area contributed by atoms with Crippen molar-refractivity contribution in [1.82, 2.24) is 14.7 Å². The van der Waals surface area contributed by atoms with Gasteiger partial charge in [0.2, 0.25) is 0 Å². The number of para-hydroxylation sites is 1. The van der Waals surface area contributed by atoms with Crippen LogP contribution in [0.2, 0.25) is 0 Å². The standard InChI is InChI=1S/C21H25N5O5/c1-5-13(15-10-7-11-31-15)22-16-17(21(30)26(4)24-19(16)28)23-14-9-6-8-12(18(14)27)20(29)25(2)3/h6-11,13,22-23,27H,5H2,1-4H3,(H,24,28)/t13-/m1/s1. The van der Waals surface area contributed by atoms with Crippen molar-refractivity contribution in [1.29, 1.82) is 0 Å². The first-order valence-corrected chi connectivity index (χ1v) is 9.68. The lowest BCUT2D eigenvalue weighted by atomic mass is 10.1. The average molecular weight is 427 g/mol. The van der Waals surface area contributed by atoms with E-state index in [1.54, 1.807) is 32.3 Å². The zero-order valence-corrected chi connectivity index (χ0v) is 17.7. The van der Waals surface area contributed by atoms with Crippen molar-refractivity contribution in [2.45, 2.75) is 19.4 Å². The molecular weight excluding hydrogens is 402 g/mol. The molecule has 164 valence electrons. The molecule has 0 aliphatic heterocycles. The molecule has 0 spiro atoms. The summed E-state index contributed by atoms with van der Waals surface area (Å²) in [7, 11) is 4.54. The second-order valence-electron chi connectivity index (χ2n) is 7.20. The minimum Gasteiger partial charge on any atom is -0.505 e. The number of hydrogen-bond acceptors (Lipinski definition) is 7. The van der Waals surface area contributed by atoms with E-state index in [0.717, 1.165) is 4.68 Å². The maximum atomic E-state index is 12.9. The Kier molecular flexibility index (Phi) is 6.19. The highest BCUT2D eigenvalue weighted by Crippen LogP contribution is 2.32. The number of aromatic hydroxyl groups is 1. The molecule has 3 aromatic rings. The monoisotopic (exact) mass is 427 g/mol. The first kappa shape index (κ1) is 21.8. The smallest absolute Gasteiger partial charge is 0.290 e. The molecule has 10 nitrogen and oxygen atoms in total. The van der Waals surface area contributed by atoms with Crippen molar-refractivity contribution in [3.63, 3.8) is 0 Å². The van der Waals surface area contributed by atoms with Gasteiger partial charge in [0.25, 0.3) is 17.0 Å². The van der Waals surface area contributed by atoms with E-state index in [1.807, 2.05) is 6.92 Å². The average Bonchev–Trinajstić information content (AvgIpc) is 3.27. The van der Waals surface area contributed by atoms with Crippen LogP contribution in [0, 0.1) is 0 Å². The number of anilines is 3. The van der Waals surface area contributed by atoms with Crippen molar-refractivity contribution < 1.29 is 14.3 Å². The Balaban J connectivity index is 2.08. The number of phenols is 1. The van der Waals surface area contributed by atoms with E-state index < -0.39 is 17.0 Å². The highest BCUT2D eigenvalue weighted by molar-refractivity contribution is 5.98. The SMILES string of the molecule is CC[C@@H](Nc1c(Nc2cccc(C(=O)N(C)C)c2O)c(=O)n(C)[nH]c1=O)c1ccco1. The van der Waals surface area contributed by atoms with Gasteiger partial charge in [0.05, 0.1) is 23.6 Å².